The Morgan fingerprint density at radius 1 is 0.492 bits per heavy atom. The van der Waals surface area contributed by atoms with E-state index >= 15 is 0 Å². The van der Waals surface area contributed by atoms with Gasteiger partial charge in [-0.15, -0.1) is 0 Å². The number of ether oxygens (including phenoxy) is 7. The Kier molecular flexibility index (Phi) is 20.6. The molecule has 12 nitrogen and oxygen atoms in total. The summed E-state index contributed by atoms with van der Waals surface area (Å²) in [6.07, 6.45) is 11.3. The largest absolute Gasteiger partial charge is 0.494 e. The van der Waals surface area contributed by atoms with Crippen LogP contribution in [-0.2, 0) is 33.3 Å². The van der Waals surface area contributed by atoms with Crippen molar-refractivity contribution in [3.05, 3.63) is 157 Å². The SMILES string of the molecule is C=CC(=O)OCCCCCCOc1ccc(/C=C/C(=O)OCC(OC(=O)c2ccc(OC(=O)c3ccc(OCCCCCCOC(=O)C=C)cc3)cc2)c2ccccc2)cc1. The highest BCUT2D eigenvalue weighted by atomic mass is 16.6. The highest BCUT2D eigenvalue weighted by molar-refractivity contribution is 5.92. The van der Waals surface area contributed by atoms with Crippen molar-refractivity contribution in [2.45, 2.75) is 57.5 Å². The fourth-order valence-electron chi connectivity index (χ4n) is 5.58. The Labute approximate surface area is 356 Å². The third-order valence-electron chi connectivity index (χ3n) is 8.92. The topological polar surface area (TPSA) is 150 Å². The van der Waals surface area contributed by atoms with E-state index in [4.69, 9.17) is 33.2 Å². The molecule has 12 heteroatoms. The fourth-order valence-corrected chi connectivity index (χ4v) is 5.58. The van der Waals surface area contributed by atoms with E-state index in [-0.39, 0.29) is 17.9 Å². The number of hydrogen-bond acceptors (Lipinski definition) is 12. The molecule has 1 unspecified atom stereocenters. The van der Waals surface area contributed by atoms with Gasteiger partial charge in [-0.05, 0) is 129 Å². The average Bonchev–Trinajstić information content (AvgIpc) is 3.29. The number of unbranched alkanes of at least 4 members (excludes halogenated alkanes) is 6. The summed E-state index contributed by atoms with van der Waals surface area (Å²) in [5.74, 6) is -1.11. The molecule has 0 radical (unpaired) electrons. The van der Waals surface area contributed by atoms with E-state index in [2.05, 4.69) is 13.2 Å². The summed E-state index contributed by atoms with van der Waals surface area (Å²) in [6, 6.07) is 28.8. The summed E-state index contributed by atoms with van der Waals surface area (Å²) in [5, 5.41) is 0. The normalized spacial score (nSPS) is 11.1. The second-order valence-electron chi connectivity index (χ2n) is 13.5. The van der Waals surface area contributed by atoms with E-state index in [1.807, 2.05) is 30.3 Å². The van der Waals surface area contributed by atoms with Gasteiger partial charge in [-0.3, -0.25) is 0 Å². The lowest BCUT2D eigenvalue weighted by atomic mass is 10.1. The van der Waals surface area contributed by atoms with E-state index in [1.54, 1.807) is 54.6 Å². The minimum atomic E-state index is -0.887. The molecule has 0 heterocycles. The molecule has 0 bridgehead atoms. The minimum Gasteiger partial charge on any atom is -0.494 e. The van der Waals surface area contributed by atoms with Crippen LogP contribution in [0.25, 0.3) is 6.08 Å². The van der Waals surface area contributed by atoms with Gasteiger partial charge < -0.3 is 33.2 Å². The van der Waals surface area contributed by atoms with Gasteiger partial charge in [0.2, 0.25) is 0 Å². The standard InChI is InChI=1S/C49H52O12/c1-3-45(50)57-34-14-7-5-12-32-55-41-25-18-37(19-26-41)20-31-47(52)59-36-44(38-16-10-9-11-17-38)61-49(54)40-23-29-43(30-24-40)60-48(53)39-21-27-42(28-22-39)56-33-13-6-8-15-35-58-46(51)4-2/h3-4,9-11,16-31,44H,1-2,5-8,12-15,32-36H2/b31-20+. The highest BCUT2D eigenvalue weighted by Crippen LogP contribution is 2.23. The first-order valence-corrected chi connectivity index (χ1v) is 20.2. The summed E-state index contributed by atoms with van der Waals surface area (Å²) < 4.78 is 38.3. The summed E-state index contributed by atoms with van der Waals surface area (Å²) in [5.41, 5.74) is 1.94. The van der Waals surface area contributed by atoms with Crippen LogP contribution in [-0.4, -0.2) is 62.9 Å². The lowest BCUT2D eigenvalue weighted by molar-refractivity contribution is -0.141. The molecule has 0 aliphatic heterocycles. The molecular weight excluding hydrogens is 781 g/mol. The molecule has 0 aliphatic rings. The summed E-state index contributed by atoms with van der Waals surface area (Å²) in [6.45, 7) is 8.33. The lowest BCUT2D eigenvalue weighted by Gasteiger charge is -2.18. The zero-order chi connectivity index (χ0) is 43.5. The quantitative estimate of drug-likeness (QED) is 0.0185. The second-order valence-corrected chi connectivity index (χ2v) is 13.5. The van der Waals surface area contributed by atoms with Gasteiger partial charge in [-0.25, -0.2) is 24.0 Å². The smallest absolute Gasteiger partial charge is 0.343 e. The molecule has 0 N–H and O–H groups in total. The van der Waals surface area contributed by atoms with Crippen molar-refractivity contribution >= 4 is 35.9 Å². The molecule has 0 spiro atoms. The zero-order valence-corrected chi connectivity index (χ0v) is 34.2. The molecule has 0 aromatic heterocycles. The van der Waals surface area contributed by atoms with Crippen LogP contribution in [0.1, 0.15) is 89.3 Å². The van der Waals surface area contributed by atoms with Gasteiger partial charge >= 0.3 is 29.8 Å². The van der Waals surface area contributed by atoms with Crippen molar-refractivity contribution in [3.8, 4) is 17.2 Å². The van der Waals surface area contributed by atoms with Crippen LogP contribution in [0.3, 0.4) is 0 Å². The van der Waals surface area contributed by atoms with Crippen LogP contribution in [0.15, 0.2) is 135 Å². The van der Waals surface area contributed by atoms with E-state index < -0.39 is 36.0 Å². The molecule has 0 saturated heterocycles. The van der Waals surface area contributed by atoms with E-state index in [0.29, 0.717) is 49.1 Å². The summed E-state index contributed by atoms with van der Waals surface area (Å²) in [7, 11) is 0. The predicted molar refractivity (Wildman–Crippen MR) is 229 cm³/mol. The number of rotatable bonds is 27. The molecule has 320 valence electrons. The first-order valence-electron chi connectivity index (χ1n) is 20.2. The Morgan fingerprint density at radius 3 is 1.49 bits per heavy atom. The van der Waals surface area contributed by atoms with Crippen molar-refractivity contribution in [1.29, 1.82) is 0 Å². The Bertz CT molecular complexity index is 2020. The predicted octanol–water partition coefficient (Wildman–Crippen LogP) is 9.40. The van der Waals surface area contributed by atoms with Gasteiger partial charge in [-0.2, -0.15) is 0 Å². The van der Waals surface area contributed by atoms with Gasteiger partial charge in [0.05, 0.1) is 37.6 Å². The van der Waals surface area contributed by atoms with Crippen molar-refractivity contribution in [1.82, 2.24) is 0 Å². The summed E-state index contributed by atoms with van der Waals surface area (Å²) in [4.78, 5) is 60.8. The molecule has 0 amide bonds. The highest BCUT2D eigenvalue weighted by Gasteiger charge is 2.20. The van der Waals surface area contributed by atoms with E-state index in [1.165, 1.54) is 30.3 Å². The van der Waals surface area contributed by atoms with Crippen LogP contribution >= 0.6 is 0 Å². The van der Waals surface area contributed by atoms with Crippen molar-refractivity contribution < 1.29 is 57.1 Å². The number of carbonyl (C=O) groups is 5. The number of benzene rings is 4. The van der Waals surface area contributed by atoms with Gasteiger partial charge in [0.1, 0.15) is 23.9 Å². The fraction of sp³-hybridized carbons (Fsp3) is 0.286. The molecule has 61 heavy (non-hydrogen) atoms. The third-order valence-corrected chi connectivity index (χ3v) is 8.92. The maximum atomic E-state index is 13.2. The maximum Gasteiger partial charge on any atom is 0.343 e. The molecule has 0 fully saturated rings. The van der Waals surface area contributed by atoms with Gasteiger partial charge in [-0.1, -0.05) is 55.6 Å². The maximum absolute atomic E-state index is 13.2. The van der Waals surface area contributed by atoms with Gasteiger partial charge in [0.15, 0.2) is 6.10 Å². The number of esters is 5. The molecule has 4 aromatic rings. The van der Waals surface area contributed by atoms with Gasteiger partial charge in [0, 0.05) is 18.2 Å². The average molecular weight is 833 g/mol. The Morgan fingerprint density at radius 2 is 0.967 bits per heavy atom. The number of hydrogen-bond donors (Lipinski definition) is 0. The number of carbonyl (C=O) groups excluding carboxylic acids is 5. The first-order chi connectivity index (χ1) is 29.7. The van der Waals surface area contributed by atoms with E-state index in [0.717, 1.165) is 69.1 Å². The molecule has 4 rings (SSSR count). The first kappa shape index (κ1) is 46.7. The van der Waals surface area contributed by atoms with Crippen molar-refractivity contribution in [2.75, 3.05) is 33.0 Å². The van der Waals surface area contributed by atoms with Crippen LogP contribution in [0.4, 0.5) is 0 Å². The Hall–Kier alpha value is -6.95. The van der Waals surface area contributed by atoms with Crippen LogP contribution in [0.2, 0.25) is 0 Å². The van der Waals surface area contributed by atoms with Crippen LogP contribution in [0, 0.1) is 0 Å². The molecule has 1 atom stereocenters. The van der Waals surface area contributed by atoms with Crippen LogP contribution in [0.5, 0.6) is 17.2 Å². The molecular formula is C49H52O12. The molecule has 0 aliphatic carbocycles. The van der Waals surface area contributed by atoms with E-state index in [9.17, 15) is 24.0 Å². The minimum absolute atomic E-state index is 0.209. The van der Waals surface area contributed by atoms with Gasteiger partial charge in [0.25, 0.3) is 0 Å². The Balaban J connectivity index is 1.18. The van der Waals surface area contributed by atoms with Crippen molar-refractivity contribution in [3.63, 3.8) is 0 Å². The third kappa shape index (κ3) is 18.2. The second kappa shape index (κ2) is 26.9. The zero-order valence-electron chi connectivity index (χ0n) is 34.2. The van der Waals surface area contributed by atoms with Crippen LogP contribution < -0.4 is 14.2 Å². The monoisotopic (exact) mass is 832 g/mol. The molecule has 4 aromatic carbocycles. The van der Waals surface area contributed by atoms with Crippen molar-refractivity contribution in [2.24, 2.45) is 0 Å². The lowest BCUT2D eigenvalue weighted by Crippen LogP contribution is -2.18. The summed E-state index contributed by atoms with van der Waals surface area (Å²) >= 11 is 0. The molecule has 0 saturated carbocycles.